The zero-order valence-electron chi connectivity index (χ0n) is 14.5. The summed E-state index contributed by atoms with van der Waals surface area (Å²) < 4.78 is 6.78. The van der Waals surface area contributed by atoms with Gasteiger partial charge in [0.2, 0.25) is 17.6 Å². The van der Waals surface area contributed by atoms with Crippen molar-refractivity contribution in [1.29, 1.82) is 0 Å². The van der Waals surface area contributed by atoms with Gasteiger partial charge in [-0.25, -0.2) is 9.50 Å². The SMILES string of the molecule is CC(=O)N(C)c1cccc(-c2ccnc3c(-c4noc(C)n4)cnn23)c1. The minimum Gasteiger partial charge on any atom is -0.339 e. The Morgan fingerprint density at radius 1 is 1.27 bits per heavy atom. The first-order valence-corrected chi connectivity index (χ1v) is 8.03. The minimum absolute atomic E-state index is 0.0316. The molecule has 4 rings (SSSR count). The van der Waals surface area contributed by atoms with E-state index in [1.165, 1.54) is 6.92 Å². The van der Waals surface area contributed by atoms with Gasteiger partial charge in [0.1, 0.15) is 0 Å². The zero-order chi connectivity index (χ0) is 18.3. The maximum atomic E-state index is 11.6. The lowest BCUT2D eigenvalue weighted by Crippen LogP contribution is -2.22. The first kappa shape index (κ1) is 15.9. The van der Waals surface area contributed by atoms with E-state index >= 15 is 0 Å². The van der Waals surface area contributed by atoms with Gasteiger partial charge in [-0.05, 0) is 18.2 Å². The molecular weight excluding hydrogens is 332 g/mol. The Hall–Kier alpha value is -3.55. The number of aryl methyl sites for hydroxylation is 1. The molecule has 0 N–H and O–H groups in total. The Bertz CT molecular complexity index is 1110. The highest BCUT2D eigenvalue weighted by atomic mass is 16.5. The molecule has 0 aliphatic carbocycles. The number of aromatic nitrogens is 5. The summed E-state index contributed by atoms with van der Waals surface area (Å²) in [6.07, 6.45) is 3.38. The number of carbonyl (C=O) groups excluding carboxylic acids is 1. The van der Waals surface area contributed by atoms with Gasteiger partial charge in [0.05, 0.1) is 17.5 Å². The lowest BCUT2D eigenvalue weighted by molar-refractivity contribution is -0.116. The van der Waals surface area contributed by atoms with Gasteiger partial charge in [-0.15, -0.1) is 0 Å². The third kappa shape index (κ3) is 2.61. The van der Waals surface area contributed by atoms with E-state index in [-0.39, 0.29) is 5.91 Å². The number of hydrogen-bond acceptors (Lipinski definition) is 6. The van der Waals surface area contributed by atoms with E-state index in [0.29, 0.717) is 22.9 Å². The fraction of sp³-hybridized carbons (Fsp3) is 0.167. The van der Waals surface area contributed by atoms with Crippen LogP contribution in [-0.2, 0) is 4.79 Å². The van der Waals surface area contributed by atoms with Gasteiger partial charge in [0.15, 0.2) is 5.65 Å². The molecule has 0 aliphatic heterocycles. The number of hydrogen-bond donors (Lipinski definition) is 0. The van der Waals surface area contributed by atoms with Crippen molar-refractivity contribution in [3.8, 4) is 22.6 Å². The van der Waals surface area contributed by atoms with E-state index in [1.807, 2.05) is 30.3 Å². The predicted molar refractivity (Wildman–Crippen MR) is 95.5 cm³/mol. The molecular formula is C18H16N6O2. The topological polar surface area (TPSA) is 89.4 Å². The van der Waals surface area contributed by atoms with Crippen LogP contribution in [0.1, 0.15) is 12.8 Å². The molecule has 0 atom stereocenters. The Kier molecular flexibility index (Phi) is 3.72. The molecule has 0 radical (unpaired) electrons. The maximum Gasteiger partial charge on any atom is 0.223 e. The van der Waals surface area contributed by atoms with Crippen molar-refractivity contribution < 1.29 is 9.32 Å². The van der Waals surface area contributed by atoms with Crippen molar-refractivity contribution in [2.24, 2.45) is 0 Å². The Balaban J connectivity index is 1.85. The quantitative estimate of drug-likeness (QED) is 0.565. The second-order valence-electron chi connectivity index (χ2n) is 5.89. The molecule has 130 valence electrons. The van der Waals surface area contributed by atoms with Crippen molar-refractivity contribution in [2.45, 2.75) is 13.8 Å². The Labute approximate surface area is 149 Å². The Morgan fingerprint density at radius 2 is 2.12 bits per heavy atom. The summed E-state index contributed by atoms with van der Waals surface area (Å²) in [4.78, 5) is 21.9. The molecule has 4 aromatic rings. The van der Waals surface area contributed by atoms with Crippen molar-refractivity contribution in [1.82, 2.24) is 24.7 Å². The monoisotopic (exact) mass is 348 g/mol. The van der Waals surface area contributed by atoms with Gasteiger partial charge in [0.25, 0.3) is 0 Å². The van der Waals surface area contributed by atoms with Crippen LogP contribution in [0.15, 0.2) is 47.2 Å². The maximum absolute atomic E-state index is 11.6. The smallest absolute Gasteiger partial charge is 0.223 e. The lowest BCUT2D eigenvalue weighted by atomic mass is 10.1. The van der Waals surface area contributed by atoms with Gasteiger partial charge in [0, 0.05) is 38.3 Å². The molecule has 3 heterocycles. The van der Waals surface area contributed by atoms with E-state index < -0.39 is 0 Å². The molecule has 1 amide bonds. The number of nitrogens with zero attached hydrogens (tertiary/aromatic N) is 6. The summed E-state index contributed by atoms with van der Waals surface area (Å²) in [6, 6.07) is 9.57. The molecule has 0 unspecified atom stereocenters. The van der Waals surface area contributed by atoms with Gasteiger partial charge < -0.3 is 9.42 Å². The minimum atomic E-state index is -0.0316. The molecule has 8 heteroatoms. The van der Waals surface area contributed by atoms with Crippen LogP contribution in [0.4, 0.5) is 5.69 Å². The lowest BCUT2D eigenvalue weighted by Gasteiger charge is -2.16. The first-order chi connectivity index (χ1) is 12.5. The van der Waals surface area contributed by atoms with Crippen LogP contribution in [0.5, 0.6) is 0 Å². The highest BCUT2D eigenvalue weighted by Gasteiger charge is 2.16. The number of anilines is 1. The van der Waals surface area contributed by atoms with Gasteiger partial charge in [-0.1, -0.05) is 17.3 Å². The van der Waals surface area contributed by atoms with Crippen molar-refractivity contribution >= 4 is 17.2 Å². The normalized spacial score (nSPS) is 11.0. The van der Waals surface area contributed by atoms with Gasteiger partial charge in [-0.2, -0.15) is 10.1 Å². The van der Waals surface area contributed by atoms with Crippen molar-refractivity contribution in [3.63, 3.8) is 0 Å². The van der Waals surface area contributed by atoms with E-state index in [4.69, 9.17) is 4.52 Å². The summed E-state index contributed by atoms with van der Waals surface area (Å²) in [5, 5.41) is 8.39. The average molecular weight is 348 g/mol. The zero-order valence-corrected chi connectivity index (χ0v) is 14.5. The van der Waals surface area contributed by atoms with Crippen LogP contribution < -0.4 is 4.90 Å². The van der Waals surface area contributed by atoms with Crippen molar-refractivity contribution in [2.75, 3.05) is 11.9 Å². The first-order valence-electron chi connectivity index (χ1n) is 8.03. The van der Waals surface area contributed by atoms with E-state index in [9.17, 15) is 4.79 Å². The highest BCUT2D eigenvalue weighted by Crippen LogP contribution is 2.27. The summed E-state index contributed by atoms with van der Waals surface area (Å²) in [7, 11) is 1.74. The van der Waals surface area contributed by atoms with Gasteiger partial charge >= 0.3 is 0 Å². The molecule has 0 fully saturated rings. The molecule has 0 bridgehead atoms. The molecule has 0 saturated carbocycles. The molecule has 0 spiro atoms. The third-order valence-corrected chi connectivity index (χ3v) is 4.17. The van der Waals surface area contributed by atoms with Crippen LogP contribution in [-0.4, -0.2) is 37.7 Å². The number of rotatable bonds is 3. The van der Waals surface area contributed by atoms with Crippen LogP contribution in [0.2, 0.25) is 0 Å². The summed E-state index contributed by atoms with van der Waals surface area (Å²) >= 11 is 0. The second-order valence-corrected chi connectivity index (χ2v) is 5.89. The fourth-order valence-electron chi connectivity index (χ4n) is 2.73. The van der Waals surface area contributed by atoms with Crippen LogP contribution >= 0.6 is 0 Å². The molecule has 8 nitrogen and oxygen atoms in total. The third-order valence-electron chi connectivity index (χ3n) is 4.17. The van der Waals surface area contributed by atoms with E-state index in [1.54, 1.807) is 35.8 Å². The second kappa shape index (κ2) is 6.07. The standard InChI is InChI=1S/C18H16N6O2/c1-11-21-17(22-26-11)15-10-20-24-16(7-8-19-18(15)24)13-5-4-6-14(9-13)23(3)12(2)25/h4-10H,1-3H3. The van der Waals surface area contributed by atoms with E-state index in [2.05, 4.69) is 20.2 Å². The van der Waals surface area contributed by atoms with Crippen molar-refractivity contribution in [3.05, 3.63) is 48.6 Å². The fourth-order valence-corrected chi connectivity index (χ4v) is 2.73. The summed E-state index contributed by atoms with van der Waals surface area (Å²) in [6.45, 7) is 3.27. The molecule has 26 heavy (non-hydrogen) atoms. The van der Waals surface area contributed by atoms with Crippen LogP contribution in [0.3, 0.4) is 0 Å². The molecule has 0 aliphatic rings. The molecule has 3 aromatic heterocycles. The van der Waals surface area contributed by atoms with E-state index in [0.717, 1.165) is 16.9 Å². The van der Waals surface area contributed by atoms with Gasteiger partial charge in [-0.3, -0.25) is 4.79 Å². The largest absolute Gasteiger partial charge is 0.339 e. The molecule has 1 aromatic carbocycles. The number of amides is 1. The average Bonchev–Trinajstić information content (AvgIpc) is 3.26. The Morgan fingerprint density at radius 3 is 2.85 bits per heavy atom. The number of benzene rings is 1. The number of carbonyl (C=O) groups is 1. The van der Waals surface area contributed by atoms with Crippen LogP contribution in [0.25, 0.3) is 28.3 Å². The van der Waals surface area contributed by atoms with Crippen LogP contribution in [0, 0.1) is 6.92 Å². The highest BCUT2D eigenvalue weighted by molar-refractivity contribution is 5.91. The predicted octanol–water partition coefficient (Wildman–Crippen LogP) is 2.74. The molecule has 0 saturated heterocycles. The summed E-state index contributed by atoms with van der Waals surface area (Å²) in [5.41, 5.74) is 3.90. The number of fused-ring (bicyclic) bond motifs is 1. The summed E-state index contributed by atoms with van der Waals surface area (Å²) in [5.74, 6) is 0.901.